The first-order chi connectivity index (χ1) is 7.53. The van der Waals surface area contributed by atoms with Gasteiger partial charge in [0.25, 0.3) is 0 Å². The number of rotatable bonds is 1. The van der Waals surface area contributed by atoms with Gasteiger partial charge >= 0.3 is 7.12 Å². The maximum Gasteiger partial charge on any atom is 0.488 e. The van der Waals surface area contributed by atoms with Crippen LogP contribution in [-0.2, 0) is 0 Å². The molecule has 0 radical (unpaired) electrons. The van der Waals surface area contributed by atoms with Crippen molar-refractivity contribution >= 4 is 12.6 Å². The van der Waals surface area contributed by atoms with Crippen molar-refractivity contribution in [2.45, 2.75) is 13.7 Å². The van der Waals surface area contributed by atoms with Crippen molar-refractivity contribution in [3.05, 3.63) is 23.5 Å². The highest BCUT2D eigenvalue weighted by Crippen LogP contribution is 1.94. The van der Waals surface area contributed by atoms with Crippen molar-refractivity contribution < 1.29 is 18.3 Å². The average Bonchev–Trinajstić information content (AvgIpc) is 2.14. The van der Waals surface area contributed by atoms with Crippen LogP contribution < -0.4 is 5.46 Å². The molecule has 1 aromatic rings. The molecule has 0 aromatic carbocycles. The van der Waals surface area contributed by atoms with Crippen LogP contribution in [0.4, 0.5) is 0 Å². The summed E-state index contributed by atoms with van der Waals surface area (Å²) in [6.07, 6.45) is 0.837. The lowest BCUT2D eigenvalue weighted by Crippen LogP contribution is -2.32. The summed E-state index contributed by atoms with van der Waals surface area (Å²) in [5.74, 6) is 0. The molecule has 0 saturated heterocycles. The summed E-state index contributed by atoms with van der Waals surface area (Å²) in [6.45, 7) is -5.11. The van der Waals surface area contributed by atoms with Crippen LogP contribution in [0.3, 0.4) is 0 Å². The molecule has 3 nitrogen and oxygen atoms in total. The normalized spacial score (nSPS) is 20.2. The van der Waals surface area contributed by atoms with Crippen LogP contribution >= 0.6 is 0 Å². The van der Waals surface area contributed by atoms with Gasteiger partial charge in [-0.15, -0.1) is 0 Å². The Labute approximate surface area is 74.3 Å². The molecule has 0 unspecified atom stereocenters. The Morgan fingerprint density at radius 2 is 2.36 bits per heavy atom. The third kappa shape index (κ3) is 1.79. The van der Waals surface area contributed by atoms with Gasteiger partial charge < -0.3 is 10.0 Å². The molecule has 0 amide bonds. The Bertz CT molecular complexity index is 416. The molecular formula is C7H10BNO2. The molecule has 58 valence electrons. The summed E-state index contributed by atoms with van der Waals surface area (Å²) >= 11 is 0. The van der Waals surface area contributed by atoms with Crippen molar-refractivity contribution in [1.82, 2.24) is 4.98 Å². The topological polar surface area (TPSA) is 53.4 Å². The van der Waals surface area contributed by atoms with Crippen molar-refractivity contribution in [2.75, 3.05) is 0 Å². The molecule has 1 heterocycles. The number of nitrogens with zero attached hydrogens (tertiary/aromatic N) is 1. The summed E-state index contributed by atoms with van der Waals surface area (Å²) in [5.41, 5.74) is -1.12. The second-order valence-corrected chi connectivity index (χ2v) is 2.03. The predicted octanol–water partition coefficient (Wildman–Crippen LogP) is -0.622. The number of hydrogen-bond acceptors (Lipinski definition) is 3. The average molecular weight is 157 g/mol. The first-order valence-corrected chi connectivity index (χ1v) is 2.90. The third-order valence-corrected chi connectivity index (χ3v) is 1.21. The van der Waals surface area contributed by atoms with E-state index >= 15 is 0 Å². The van der Waals surface area contributed by atoms with E-state index in [2.05, 4.69) is 4.98 Å². The van der Waals surface area contributed by atoms with Gasteiger partial charge in [-0.1, -0.05) is 0 Å². The summed E-state index contributed by atoms with van der Waals surface area (Å²) in [4.78, 5) is 3.51. The lowest BCUT2D eigenvalue weighted by atomic mass is 9.78. The molecule has 11 heavy (non-hydrogen) atoms. The van der Waals surface area contributed by atoms with Gasteiger partial charge in [-0.05, 0) is 30.8 Å². The zero-order valence-corrected chi connectivity index (χ0v) is 5.57. The van der Waals surface area contributed by atoms with Crippen LogP contribution in [-0.4, -0.2) is 22.2 Å². The van der Waals surface area contributed by atoms with Crippen molar-refractivity contribution in [3.63, 3.8) is 0 Å². The lowest BCUT2D eigenvalue weighted by Gasteiger charge is -2.03. The van der Waals surface area contributed by atoms with E-state index in [1.807, 2.05) is 0 Å². The van der Waals surface area contributed by atoms with Crippen LogP contribution in [0.1, 0.15) is 19.5 Å². The molecule has 0 bridgehead atoms. The van der Waals surface area contributed by atoms with Crippen LogP contribution in [0.15, 0.2) is 12.3 Å². The molecule has 0 atom stereocenters. The maximum absolute atomic E-state index is 9.05. The fourth-order valence-electron chi connectivity index (χ4n) is 0.685. The van der Waals surface area contributed by atoms with Crippen molar-refractivity contribution in [3.8, 4) is 0 Å². The Morgan fingerprint density at radius 3 is 2.91 bits per heavy atom. The van der Waals surface area contributed by atoms with E-state index in [1.165, 1.54) is 0 Å². The van der Waals surface area contributed by atoms with E-state index in [1.54, 1.807) is 0 Å². The molecule has 0 saturated carbocycles. The molecule has 0 spiro atoms. The zero-order chi connectivity index (χ0) is 13.4. The minimum Gasteiger partial charge on any atom is -0.423 e. The molecule has 1 aromatic heterocycles. The molecule has 2 N–H and O–H groups in total. The van der Waals surface area contributed by atoms with Gasteiger partial charge in [0.05, 0.1) is 0 Å². The second-order valence-electron chi connectivity index (χ2n) is 2.03. The van der Waals surface area contributed by atoms with E-state index in [0.717, 1.165) is 12.3 Å². The van der Waals surface area contributed by atoms with Crippen molar-refractivity contribution in [1.29, 1.82) is 0 Å². The fraction of sp³-hybridized carbons (Fsp3) is 0.286. The van der Waals surface area contributed by atoms with E-state index in [9.17, 15) is 0 Å². The SMILES string of the molecule is [2H]C([2H])([2H])c1cc(B(O)O)c(C([2H])([2H])[2H])cn1. The number of pyridine rings is 1. The van der Waals surface area contributed by atoms with Gasteiger partial charge in [-0.2, -0.15) is 0 Å². The van der Waals surface area contributed by atoms with Crippen LogP contribution in [0.5, 0.6) is 0 Å². The minimum atomic E-state index is -2.58. The molecule has 4 heteroatoms. The number of hydrogen-bond donors (Lipinski definition) is 2. The largest absolute Gasteiger partial charge is 0.488 e. The monoisotopic (exact) mass is 157 g/mol. The van der Waals surface area contributed by atoms with E-state index in [-0.39, 0.29) is 16.7 Å². The van der Waals surface area contributed by atoms with Gasteiger partial charge in [-0.3, -0.25) is 4.98 Å². The van der Waals surface area contributed by atoms with Crippen LogP contribution in [0.2, 0.25) is 0 Å². The maximum atomic E-state index is 9.05. The Kier molecular flexibility index (Phi) is 0.894. The summed E-state index contributed by atoms with van der Waals surface area (Å²) in [6, 6.07) is 0.874. The van der Waals surface area contributed by atoms with Gasteiger partial charge in [0.15, 0.2) is 0 Å². The molecule has 0 aliphatic heterocycles. The Balaban J connectivity index is 3.38. The molecule has 1 rings (SSSR count). The number of aryl methyl sites for hydroxylation is 2. The highest BCUT2D eigenvalue weighted by Gasteiger charge is 2.13. The minimum absolute atomic E-state index is 0.369. The third-order valence-electron chi connectivity index (χ3n) is 1.21. The Hall–Kier alpha value is -0.865. The molecule has 0 fully saturated rings. The van der Waals surface area contributed by atoms with E-state index in [0.29, 0.717) is 0 Å². The first-order valence-electron chi connectivity index (χ1n) is 5.90. The second kappa shape index (κ2) is 3.03. The smallest absolute Gasteiger partial charge is 0.423 e. The lowest BCUT2D eigenvalue weighted by molar-refractivity contribution is 0.425. The quantitative estimate of drug-likeness (QED) is 0.534. The Morgan fingerprint density at radius 1 is 1.55 bits per heavy atom. The number of aromatic nitrogens is 1. The molecule has 0 aliphatic carbocycles. The highest BCUT2D eigenvalue weighted by atomic mass is 16.4. The van der Waals surface area contributed by atoms with Crippen LogP contribution in [0.25, 0.3) is 0 Å². The summed E-state index contributed by atoms with van der Waals surface area (Å²) in [7, 11) is -2.06. The first kappa shape index (κ1) is 3.25. The van der Waals surface area contributed by atoms with Gasteiger partial charge in [0.2, 0.25) is 0 Å². The highest BCUT2D eigenvalue weighted by molar-refractivity contribution is 6.59. The summed E-state index contributed by atoms with van der Waals surface area (Å²) < 4.78 is 42.8. The van der Waals surface area contributed by atoms with Gasteiger partial charge in [0, 0.05) is 20.1 Å². The van der Waals surface area contributed by atoms with Gasteiger partial charge in [-0.25, -0.2) is 0 Å². The summed E-state index contributed by atoms with van der Waals surface area (Å²) in [5, 5.41) is 18.1. The van der Waals surface area contributed by atoms with E-state index < -0.39 is 20.8 Å². The van der Waals surface area contributed by atoms with Crippen LogP contribution in [0, 0.1) is 13.7 Å². The standard InChI is InChI=1S/C7H10BNO2/c1-5-4-9-6(2)3-7(5)8(10)11/h3-4,10-11H,1-2H3/i1D3,2D3. The van der Waals surface area contributed by atoms with Crippen molar-refractivity contribution in [2.24, 2.45) is 0 Å². The molecular weight excluding hydrogens is 141 g/mol. The predicted molar refractivity (Wildman–Crippen MR) is 43.5 cm³/mol. The fourth-order valence-corrected chi connectivity index (χ4v) is 0.685. The van der Waals surface area contributed by atoms with Gasteiger partial charge in [0.1, 0.15) is 0 Å². The van der Waals surface area contributed by atoms with E-state index in [4.69, 9.17) is 18.3 Å². The zero-order valence-electron chi connectivity index (χ0n) is 11.6. The molecule has 0 aliphatic rings.